The van der Waals surface area contributed by atoms with Crippen LogP contribution in [0, 0.1) is 5.92 Å². The number of carboxylic acid groups (broad SMARTS) is 1. The van der Waals surface area contributed by atoms with Gasteiger partial charge in [-0.3, -0.25) is 4.79 Å². The zero-order valence-corrected chi connectivity index (χ0v) is 13.1. The third-order valence-electron chi connectivity index (χ3n) is 4.11. The van der Waals surface area contributed by atoms with Gasteiger partial charge >= 0.3 is 5.97 Å². The molecule has 1 aliphatic rings. The Morgan fingerprint density at radius 2 is 1.90 bits per heavy atom. The molecule has 5 nitrogen and oxygen atoms in total. The fraction of sp³-hybridized carbons (Fsp3) is 0.533. The van der Waals surface area contributed by atoms with Crippen molar-refractivity contribution in [3.05, 3.63) is 29.8 Å². The number of sulfonamides is 1. The van der Waals surface area contributed by atoms with Crippen LogP contribution in [-0.2, 0) is 21.2 Å². The summed E-state index contributed by atoms with van der Waals surface area (Å²) in [6.07, 6.45) is 2.64. The van der Waals surface area contributed by atoms with Crippen molar-refractivity contribution in [2.75, 3.05) is 7.05 Å². The third-order valence-corrected chi connectivity index (χ3v) is 6.06. The van der Waals surface area contributed by atoms with E-state index < -0.39 is 16.0 Å². The van der Waals surface area contributed by atoms with E-state index in [0.717, 1.165) is 18.4 Å². The number of carboxylic acids is 1. The van der Waals surface area contributed by atoms with Gasteiger partial charge in [-0.1, -0.05) is 12.1 Å². The molecule has 1 atom stereocenters. The number of aliphatic carboxylic acids is 1. The molecule has 1 aromatic carbocycles. The average Bonchev–Trinajstić information content (AvgIpc) is 3.28. The van der Waals surface area contributed by atoms with E-state index in [-0.39, 0.29) is 17.4 Å². The highest BCUT2D eigenvalue weighted by atomic mass is 32.2. The summed E-state index contributed by atoms with van der Waals surface area (Å²) >= 11 is 0. The molecule has 116 valence electrons. The van der Waals surface area contributed by atoms with E-state index in [1.54, 1.807) is 31.3 Å². The fourth-order valence-corrected chi connectivity index (χ4v) is 3.76. The van der Waals surface area contributed by atoms with E-state index in [0.29, 0.717) is 12.3 Å². The molecular formula is C15H21NO4S. The maximum absolute atomic E-state index is 12.5. The van der Waals surface area contributed by atoms with Crippen LogP contribution in [0.15, 0.2) is 29.2 Å². The first kappa shape index (κ1) is 16.0. The number of hydrogen-bond acceptors (Lipinski definition) is 3. The number of nitrogens with zero attached hydrogens (tertiary/aromatic N) is 1. The lowest BCUT2D eigenvalue weighted by molar-refractivity contribution is -0.136. The van der Waals surface area contributed by atoms with E-state index in [2.05, 4.69) is 0 Å². The molecule has 1 saturated carbocycles. The average molecular weight is 311 g/mol. The van der Waals surface area contributed by atoms with Crippen molar-refractivity contribution in [2.45, 2.75) is 43.5 Å². The van der Waals surface area contributed by atoms with Crippen molar-refractivity contribution >= 4 is 16.0 Å². The van der Waals surface area contributed by atoms with Crippen LogP contribution in [0.3, 0.4) is 0 Å². The van der Waals surface area contributed by atoms with Crippen LogP contribution in [0.25, 0.3) is 0 Å². The Balaban J connectivity index is 2.10. The lowest BCUT2D eigenvalue weighted by Crippen LogP contribution is -2.36. The summed E-state index contributed by atoms with van der Waals surface area (Å²) in [4.78, 5) is 10.8. The summed E-state index contributed by atoms with van der Waals surface area (Å²) in [6.45, 7) is 1.94. The van der Waals surface area contributed by atoms with Gasteiger partial charge in [0, 0.05) is 19.5 Å². The first-order valence-electron chi connectivity index (χ1n) is 7.11. The maximum Gasteiger partial charge on any atom is 0.303 e. The number of carbonyl (C=O) groups is 1. The maximum atomic E-state index is 12.5. The summed E-state index contributed by atoms with van der Waals surface area (Å²) in [5.41, 5.74) is 0.828. The molecule has 0 spiro atoms. The molecule has 0 heterocycles. The molecule has 0 aliphatic heterocycles. The van der Waals surface area contributed by atoms with Crippen LogP contribution < -0.4 is 0 Å². The van der Waals surface area contributed by atoms with Crippen molar-refractivity contribution in [1.82, 2.24) is 4.31 Å². The van der Waals surface area contributed by atoms with Gasteiger partial charge in [0.2, 0.25) is 10.0 Å². The normalized spacial score (nSPS) is 16.9. The Bertz CT molecular complexity index is 605. The standard InChI is InChI=1S/C15H21NO4S/c1-11(13-6-7-13)16(2)21(19,20)14-8-3-12(4-9-14)5-10-15(17)18/h3-4,8-9,11,13H,5-7,10H2,1-2H3,(H,17,18). The third kappa shape index (κ3) is 3.83. The lowest BCUT2D eigenvalue weighted by Gasteiger charge is -2.24. The second-order valence-corrected chi connectivity index (χ2v) is 7.63. The van der Waals surface area contributed by atoms with Gasteiger partial charge in [0.25, 0.3) is 0 Å². The number of benzene rings is 1. The van der Waals surface area contributed by atoms with Gasteiger partial charge in [0.1, 0.15) is 0 Å². The molecule has 1 N–H and O–H groups in total. The van der Waals surface area contributed by atoms with Crippen molar-refractivity contribution < 1.29 is 18.3 Å². The van der Waals surface area contributed by atoms with Crippen LogP contribution in [-0.4, -0.2) is 36.9 Å². The predicted octanol–water partition coefficient (Wildman–Crippen LogP) is 2.12. The van der Waals surface area contributed by atoms with Gasteiger partial charge in [-0.25, -0.2) is 8.42 Å². The van der Waals surface area contributed by atoms with Crippen molar-refractivity contribution in [3.63, 3.8) is 0 Å². The Morgan fingerprint density at radius 1 is 1.33 bits per heavy atom. The molecular weight excluding hydrogens is 290 g/mol. The highest BCUT2D eigenvalue weighted by molar-refractivity contribution is 7.89. The number of hydrogen-bond donors (Lipinski definition) is 1. The van der Waals surface area contributed by atoms with E-state index in [1.165, 1.54) is 4.31 Å². The van der Waals surface area contributed by atoms with Crippen molar-refractivity contribution in [1.29, 1.82) is 0 Å². The fourth-order valence-electron chi connectivity index (χ4n) is 2.34. The first-order chi connectivity index (χ1) is 9.82. The molecule has 0 amide bonds. The monoisotopic (exact) mass is 311 g/mol. The molecule has 0 saturated heterocycles. The number of rotatable bonds is 7. The van der Waals surface area contributed by atoms with Gasteiger partial charge in [-0.15, -0.1) is 0 Å². The smallest absolute Gasteiger partial charge is 0.303 e. The summed E-state index contributed by atoms with van der Waals surface area (Å²) in [6, 6.07) is 6.50. The van der Waals surface area contributed by atoms with Gasteiger partial charge in [0.15, 0.2) is 0 Å². The molecule has 1 unspecified atom stereocenters. The van der Waals surface area contributed by atoms with Crippen LogP contribution in [0.1, 0.15) is 31.7 Å². The molecule has 0 aromatic heterocycles. The highest BCUT2D eigenvalue weighted by Gasteiger charge is 2.35. The minimum absolute atomic E-state index is 0.0155. The van der Waals surface area contributed by atoms with Crippen LogP contribution in [0.2, 0.25) is 0 Å². The Kier molecular flexibility index (Phi) is 4.68. The highest BCUT2D eigenvalue weighted by Crippen LogP contribution is 2.36. The van der Waals surface area contributed by atoms with Gasteiger partial charge in [-0.2, -0.15) is 4.31 Å². The molecule has 1 aromatic rings. The van der Waals surface area contributed by atoms with Crippen molar-refractivity contribution in [3.8, 4) is 0 Å². The van der Waals surface area contributed by atoms with Crippen LogP contribution in [0.5, 0.6) is 0 Å². The zero-order chi connectivity index (χ0) is 15.6. The van der Waals surface area contributed by atoms with Crippen LogP contribution in [0.4, 0.5) is 0 Å². The zero-order valence-electron chi connectivity index (χ0n) is 12.3. The quantitative estimate of drug-likeness (QED) is 0.837. The van der Waals surface area contributed by atoms with Gasteiger partial charge < -0.3 is 5.11 Å². The molecule has 1 fully saturated rings. The van der Waals surface area contributed by atoms with E-state index >= 15 is 0 Å². The summed E-state index contributed by atoms with van der Waals surface area (Å²) < 4.78 is 26.5. The molecule has 6 heteroatoms. The molecule has 0 bridgehead atoms. The molecule has 0 radical (unpaired) electrons. The number of aryl methyl sites for hydroxylation is 1. The summed E-state index contributed by atoms with van der Waals surface area (Å²) in [5.74, 6) is -0.385. The predicted molar refractivity (Wildman–Crippen MR) is 79.5 cm³/mol. The van der Waals surface area contributed by atoms with Gasteiger partial charge in [0.05, 0.1) is 4.90 Å². The molecule has 1 aliphatic carbocycles. The largest absolute Gasteiger partial charge is 0.481 e. The van der Waals surface area contributed by atoms with Crippen molar-refractivity contribution in [2.24, 2.45) is 5.92 Å². The summed E-state index contributed by atoms with van der Waals surface area (Å²) in [7, 11) is -1.85. The summed E-state index contributed by atoms with van der Waals surface area (Å²) in [5, 5.41) is 8.65. The minimum Gasteiger partial charge on any atom is -0.481 e. The molecule has 2 rings (SSSR count). The van der Waals surface area contributed by atoms with Gasteiger partial charge in [-0.05, 0) is 49.8 Å². The Morgan fingerprint density at radius 3 is 2.38 bits per heavy atom. The molecule has 21 heavy (non-hydrogen) atoms. The van der Waals surface area contributed by atoms with E-state index in [4.69, 9.17) is 5.11 Å². The lowest BCUT2D eigenvalue weighted by atomic mass is 10.1. The second kappa shape index (κ2) is 6.15. The Hall–Kier alpha value is -1.40. The minimum atomic E-state index is -3.47. The topological polar surface area (TPSA) is 74.7 Å². The van der Waals surface area contributed by atoms with E-state index in [1.807, 2.05) is 6.92 Å². The Labute approximate surface area is 125 Å². The second-order valence-electron chi connectivity index (χ2n) is 5.64. The van der Waals surface area contributed by atoms with Crippen LogP contribution >= 0.6 is 0 Å². The SMILES string of the molecule is CC(C1CC1)N(C)S(=O)(=O)c1ccc(CCC(=O)O)cc1. The van der Waals surface area contributed by atoms with E-state index in [9.17, 15) is 13.2 Å². The first-order valence-corrected chi connectivity index (χ1v) is 8.55.